The van der Waals surface area contributed by atoms with Crippen LogP contribution in [0.2, 0.25) is 4.34 Å². The largest absolute Gasteiger partial charge is 0.348 e. The lowest BCUT2D eigenvalue weighted by atomic mass is 9.88. The molecule has 2 aromatic rings. The molecule has 0 saturated carbocycles. The van der Waals surface area contributed by atoms with Crippen molar-refractivity contribution in [3.05, 3.63) is 56.7 Å². The zero-order valence-corrected chi connectivity index (χ0v) is 14.8. The van der Waals surface area contributed by atoms with Gasteiger partial charge in [0.25, 0.3) is 0 Å². The summed E-state index contributed by atoms with van der Waals surface area (Å²) < 4.78 is 0.789. The number of benzene rings is 1. The first-order chi connectivity index (χ1) is 11.1. The molecule has 23 heavy (non-hydrogen) atoms. The molecule has 1 N–H and O–H groups in total. The van der Waals surface area contributed by atoms with E-state index in [2.05, 4.69) is 29.6 Å². The average Bonchev–Trinajstić information content (AvgIpc) is 2.92. The number of carbonyl (C=O) groups excluding carboxylic acids is 1. The lowest BCUT2D eigenvalue weighted by Gasteiger charge is -2.27. The molecule has 122 valence electrons. The average molecular weight is 349 g/mol. The Morgan fingerprint density at radius 3 is 2.96 bits per heavy atom. The van der Waals surface area contributed by atoms with Crippen LogP contribution in [0.5, 0.6) is 0 Å². The Morgan fingerprint density at radius 2 is 2.17 bits per heavy atom. The van der Waals surface area contributed by atoms with Crippen LogP contribution in [0, 0.1) is 0 Å². The van der Waals surface area contributed by atoms with E-state index in [-0.39, 0.29) is 11.9 Å². The standard InChI is InChI=1S/C18H21ClN2OS/c1-21(11-14-9-10-17(19)23-14)12-18(22)20-16-8-4-6-13-5-2-3-7-15(13)16/h2-3,5,7,9-10,16H,4,6,8,11-12H2,1H3,(H,20,22). The Labute approximate surface area is 146 Å². The molecule has 0 saturated heterocycles. The number of hydrogen-bond donors (Lipinski definition) is 1. The number of hydrogen-bond acceptors (Lipinski definition) is 3. The smallest absolute Gasteiger partial charge is 0.234 e. The van der Waals surface area contributed by atoms with Gasteiger partial charge in [-0.25, -0.2) is 0 Å². The van der Waals surface area contributed by atoms with Crippen molar-refractivity contribution >= 4 is 28.8 Å². The first kappa shape index (κ1) is 16.5. The van der Waals surface area contributed by atoms with E-state index in [1.54, 1.807) is 11.3 Å². The molecule has 1 unspecified atom stereocenters. The van der Waals surface area contributed by atoms with E-state index in [9.17, 15) is 4.79 Å². The Hall–Kier alpha value is -1.36. The Morgan fingerprint density at radius 1 is 1.35 bits per heavy atom. The van der Waals surface area contributed by atoms with Crippen molar-refractivity contribution < 1.29 is 4.79 Å². The van der Waals surface area contributed by atoms with E-state index < -0.39 is 0 Å². The number of halogens is 1. The van der Waals surface area contributed by atoms with Crippen molar-refractivity contribution in [1.29, 1.82) is 0 Å². The normalized spacial score (nSPS) is 17.1. The third-order valence-electron chi connectivity index (χ3n) is 4.17. The predicted octanol–water partition coefficient (Wildman–Crippen LogP) is 4.03. The Balaban J connectivity index is 1.55. The number of nitrogens with one attached hydrogen (secondary N) is 1. The van der Waals surface area contributed by atoms with Gasteiger partial charge in [0, 0.05) is 11.4 Å². The molecule has 1 aromatic carbocycles. The van der Waals surface area contributed by atoms with Gasteiger partial charge in [0.1, 0.15) is 0 Å². The molecule has 1 aliphatic carbocycles. The Kier molecular flexibility index (Phi) is 5.36. The summed E-state index contributed by atoms with van der Waals surface area (Å²) in [7, 11) is 1.96. The molecule has 1 aromatic heterocycles. The second-order valence-corrected chi connectivity index (χ2v) is 7.89. The van der Waals surface area contributed by atoms with Crippen molar-refractivity contribution in [3.8, 4) is 0 Å². The van der Waals surface area contributed by atoms with Crippen LogP contribution in [0.15, 0.2) is 36.4 Å². The zero-order valence-electron chi connectivity index (χ0n) is 13.2. The SMILES string of the molecule is CN(CC(=O)NC1CCCc2ccccc21)Cc1ccc(Cl)s1. The molecule has 5 heteroatoms. The molecule has 0 radical (unpaired) electrons. The van der Waals surface area contributed by atoms with Crippen LogP contribution in [0.4, 0.5) is 0 Å². The molecule has 0 spiro atoms. The maximum Gasteiger partial charge on any atom is 0.234 e. The highest BCUT2D eigenvalue weighted by molar-refractivity contribution is 7.16. The van der Waals surface area contributed by atoms with E-state index in [1.165, 1.54) is 16.0 Å². The van der Waals surface area contributed by atoms with Gasteiger partial charge in [-0.1, -0.05) is 35.9 Å². The third kappa shape index (κ3) is 4.34. The van der Waals surface area contributed by atoms with Gasteiger partial charge in [0.2, 0.25) is 5.91 Å². The van der Waals surface area contributed by atoms with Crippen LogP contribution in [0.3, 0.4) is 0 Å². The number of nitrogens with zero attached hydrogens (tertiary/aromatic N) is 1. The van der Waals surface area contributed by atoms with Crippen molar-refractivity contribution in [2.75, 3.05) is 13.6 Å². The van der Waals surface area contributed by atoms with Crippen LogP contribution in [0.1, 0.15) is 34.9 Å². The monoisotopic (exact) mass is 348 g/mol. The summed E-state index contributed by atoms with van der Waals surface area (Å²) in [5, 5.41) is 3.19. The fourth-order valence-electron chi connectivity index (χ4n) is 3.15. The third-order valence-corrected chi connectivity index (χ3v) is 5.39. The number of aryl methyl sites for hydroxylation is 1. The molecule has 1 amide bonds. The summed E-state index contributed by atoms with van der Waals surface area (Å²) in [6, 6.07) is 12.5. The fraction of sp³-hybridized carbons (Fsp3) is 0.389. The quantitative estimate of drug-likeness (QED) is 0.884. The van der Waals surface area contributed by atoms with Crippen LogP contribution < -0.4 is 5.32 Å². The highest BCUT2D eigenvalue weighted by Gasteiger charge is 2.21. The highest BCUT2D eigenvalue weighted by atomic mass is 35.5. The minimum atomic E-state index is 0.0804. The van der Waals surface area contributed by atoms with Gasteiger partial charge in [0.15, 0.2) is 0 Å². The predicted molar refractivity (Wildman–Crippen MR) is 95.9 cm³/mol. The van der Waals surface area contributed by atoms with Crippen LogP contribution in [0.25, 0.3) is 0 Å². The molecule has 0 aliphatic heterocycles. The van der Waals surface area contributed by atoms with E-state index in [0.717, 1.165) is 30.1 Å². The lowest BCUT2D eigenvalue weighted by molar-refractivity contribution is -0.122. The van der Waals surface area contributed by atoms with Gasteiger partial charge in [0.05, 0.1) is 16.9 Å². The molecule has 3 rings (SSSR count). The summed E-state index contributed by atoms with van der Waals surface area (Å²) in [5.74, 6) is 0.0804. The maximum atomic E-state index is 12.4. The molecule has 0 bridgehead atoms. The number of carbonyl (C=O) groups is 1. The van der Waals surface area contributed by atoms with Gasteiger partial charge >= 0.3 is 0 Å². The van der Waals surface area contributed by atoms with E-state index in [1.807, 2.05) is 24.1 Å². The summed E-state index contributed by atoms with van der Waals surface area (Å²) >= 11 is 7.51. The summed E-state index contributed by atoms with van der Waals surface area (Å²) in [6.07, 6.45) is 3.26. The summed E-state index contributed by atoms with van der Waals surface area (Å²) in [4.78, 5) is 15.5. The van der Waals surface area contributed by atoms with Gasteiger partial charge < -0.3 is 5.32 Å². The summed E-state index contributed by atoms with van der Waals surface area (Å²) in [6.45, 7) is 1.14. The fourth-order valence-corrected chi connectivity index (χ4v) is 4.32. The minimum Gasteiger partial charge on any atom is -0.348 e. The lowest BCUT2D eigenvalue weighted by Crippen LogP contribution is -2.38. The Bertz CT molecular complexity index is 685. The molecular weight excluding hydrogens is 328 g/mol. The van der Waals surface area contributed by atoms with Crippen molar-refractivity contribution in [2.45, 2.75) is 31.8 Å². The van der Waals surface area contributed by atoms with Crippen molar-refractivity contribution in [2.24, 2.45) is 0 Å². The van der Waals surface area contributed by atoms with Crippen molar-refractivity contribution in [3.63, 3.8) is 0 Å². The second kappa shape index (κ2) is 7.47. The van der Waals surface area contributed by atoms with Gasteiger partial charge in [-0.2, -0.15) is 0 Å². The van der Waals surface area contributed by atoms with Gasteiger partial charge in [-0.05, 0) is 49.6 Å². The second-order valence-electron chi connectivity index (χ2n) is 6.09. The topological polar surface area (TPSA) is 32.3 Å². The molecular formula is C18H21ClN2OS. The number of rotatable bonds is 5. The molecule has 1 heterocycles. The van der Waals surface area contributed by atoms with E-state index >= 15 is 0 Å². The first-order valence-electron chi connectivity index (χ1n) is 7.92. The number of likely N-dealkylation sites (N-methyl/N-ethyl adjacent to an activating group) is 1. The van der Waals surface area contributed by atoms with Crippen LogP contribution in [-0.4, -0.2) is 24.4 Å². The summed E-state index contributed by atoms with van der Waals surface area (Å²) in [5.41, 5.74) is 2.64. The van der Waals surface area contributed by atoms with Crippen molar-refractivity contribution in [1.82, 2.24) is 10.2 Å². The first-order valence-corrected chi connectivity index (χ1v) is 9.11. The minimum absolute atomic E-state index is 0.0804. The van der Waals surface area contributed by atoms with Gasteiger partial charge in [-0.3, -0.25) is 9.69 Å². The number of thiophene rings is 1. The van der Waals surface area contributed by atoms with Crippen LogP contribution in [-0.2, 0) is 17.8 Å². The zero-order chi connectivity index (χ0) is 16.2. The number of fused-ring (bicyclic) bond motifs is 1. The molecule has 0 fully saturated rings. The maximum absolute atomic E-state index is 12.4. The van der Waals surface area contributed by atoms with Gasteiger partial charge in [-0.15, -0.1) is 11.3 Å². The van der Waals surface area contributed by atoms with Crippen LogP contribution >= 0.6 is 22.9 Å². The van der Waals surface area contributed by atoms with E-state index in [0.29, 0.717) is 6.54 Å². The molecule has 3 nitrogen and oxygen atoms in total. The van der Waals surface area contributed by atoms with E-state index in [4.69, 9.17) is 11.6 Å². The molecule has 1 atom stereocenters. The molecule has 1 aliphatic rings. The number of amides is 1. The highest BCUT2D eigenvalue weighted by Crippen LogP contribution is 2.29.